The van der Waals surface area contributed by atoms with Gasteiger partial charge in [0.15, 0.2) is 0 Å². The largest absolute Gasteiger partial charge is 0.388 e. The molecule has 2 rings (SSSR count). The van der Waals surface area contributed by atoms with E-state index in [2.05, 4.69) is 5.32 Å². The third kappa shape index (κ3) is 7.37. The predicted octanol–water partition coefficient (Wildman–Crippen LogP) is 3.12. The molecule has 0 fully saturated rings. The molecule has 0 saturated heterocycles. The van der Waals surface area contributed by atoms with Gasteiger partial charge in [0.2, 0.25) is 5.91 Å². The summed E-state index contributed by atoms with van der Waals surface area (Å²) in [5, 5.41) is 13.0. The number of carbonyl (C=O) groups is 1. The van der Waals surface area contributed by atoms with E-state index in [1.165, 1.54) is 6.26 Å². The normalized spacial score (nSPS) is 12.5. The van der Waals surface area contributed by atoms with Crippen LogP contribution < -0.4 is 5.32 Å². The van der Waals surface area contributed by atoms with E-state index in [9.17, 15) is 18.3 Å². The fourth-order valence-electron chi connectivity index (χ4n) is 2.62. The third-order valence-electron chi connectivity index (χ3n) is 4.05. The number of hydrogen-bond donors (Lipinski definition) is 2. The van der Waals surface area contributed by atoms with Gasteiger partial charge in [-0.05, 0) is 42.5 Å². The minimum atomic E-state index is -3.03. The summed E-state index contributed by atoms with van der Waals surface area (Å²) in [5.74, 6) is -0.177. The summed E-state index contributed by atoms with van der Waals surface area (Å²) in [6, 6.07) is 17.0. The standard InChI is InChI=1S/C20H25NO4S/c1-26(24,25)15-5-8-20(23)21-18-12-9-16(10-13-18)11-14-19(22)17-6-3-2-4-7-17/h2-4,6-7,9-10,12-13,19,22H,5,8,11,14-15H2,1H3,(H,21,23). The zero-order valence-electron chi connectivity index (χ0n) is 14.9. The van der Waals surface area contributed by atoms with Crippen LogP contribution in [0.1, 0.15) is 36.5 Å². The number of aliphatic hydroxyl groups is 1. The lowest BCUT2D eigenvalue weighted by molar-refractivity contribution is -0.116. The number of aliphatic hydroxyl groups excluding tert-OH is 1. The topological polar surface area (TPSA) is 83.5 Å². The number of rotatable bonds is 9. The van der Waals surface area contributed by atoms with Gasteiger partial charge in [0.1, 0.15) is 9.84 Å². The Balaban J connectivity index is 1.78. The number of anilines is 1. The maximum Gasteiger partial charge on any atom is 0.224 e. The van der Waals surface area contributed by atoms with Gasteiger partial charge in [0.25, 0.3) is 0 Å². The molecule has 2 aromatic rings. The van der Waals surface area contributed by atoms with Crippen LogP contribution in [0.3, 0.4) is 0 Å². The van der Waals surface area contributed by atoms with E-state index in [-0.39, 0.29) is 18.1 Å². The number of amides is 1. The van der Waals surface area contributed by atoms with E-state index in [1.807, 2.05) is 54.6 Å². The summed E-state index contributed by atoms with van der Waals surface area (Å²) >= 11 is 0. The van der Waals surface area contributed by atoms with Crippen LogP contribution in [0.25, 0.3) is 0 Å². The Morgan fingerprint density at radius 3 is 2.35 bits per heavy atom. The monoisotopic (exact) mass is 375 g/mol. The van der Waals surface area contributed by atoms with E-state index >= 15 is 0 Å². The lowest BCUT2D eigenvalue weighted by atomic mass is 10.0. The third-order valence-corrected chi connectivity index (χ3v) is 5.08. The van der Waals surface area contributed by atoms with Gasteiger partial charge in [-0.3, -0.25) is 4.79 Å². The van der Waals surface area contributed by atoms with Gasteiger partial charge in [-0.2, -0.15) is 0 Å². The molecule has 2 N–H and O–H groups in total. The second-order valence-corrected chi connectivity index (χ2v) is 8.70. The quantitative estimate of drug-likeness (QED) is 0.705. The molecule has 0 aliphatic carbocycles. The number of hydrogen-bond acceptors (Lipinski definition) is 4. The van der Waals surface area contributed by atoms with E-state index in [1.54, 1.807) is 0 Å². The molecule has 1 atom stereocenters. The van der Waals surface area contributed by atoms with Gasteiger partial charge in [-0.25, -0.2) is 8.42 Å². The smallest absolute Gasteiger partial charge is 0.224 e. The molecule has 26 heavy (non-hydrogen) atoms. The summed E-state index contributed by atoms with van der Waals surface area (Å²) in [4.78, 5) is 11.8. The van der Waals surface area contributed by atoms with Crippen LogP contribution in [0.5, 0.6) is 0 Å². The van der Waals surface area contributed by atoms with Crippen molar-refractivity contribution in [2.24, 2.45) is 0 Å². The maximum atomic E-state index is 11.8. The second-order valence-electron chi connectivity index (χ2n) is 6.44. The van der Waals surface area contributed by atoms with E-state index in [4.69, 9.17) is 0 Å². The van der Waals surface area contributed by atoms with Crippen molar-refractivity contribution in [1.29, 1.82) is 0 Å². The molecular formula is C20H25NO4S. The number of sulfone groups is 1. The van der Waals surface area contributed by atoms with Gasteiger partial charge in [-0.15, -0.1) is 0 Å². The molecule has 1 unspecified atom stereocenters. The minimum Gasteiger partial charge on any atom is -0.388 e. The molecule has 5 nitrogen and oxygen atoms in total. The average molecular weight is 375 g/mol. The van der Waals surface area contributed by atoms with Crippen LogP contribution >= 0.6 is 0 Å². The van der Waals surface area contributed by atoms with Gasteiger partial charge < -0.3 is 10.4 Å². The Hall–Kier alpha value is -2.18. The van der Waals surface area contributed by atoms with Crippen molar-refractivity contribution in [2.75, 3.05) is 17.3 Å². The van der Waals surface area contributed by atoms with Crippen LogP contribution in [0.15, 0.2) is 54.6 Å². The molecular weight excluding hydrogens is 350 g/mol. The maximum absolute atomic E-state index is 11.8. The van der Waals surface area contributed by atoms with Crippen molar-refractivity contribution in [2.45, 2.75) is 31.8 Å². The summed E-state index contributed by atoms with van der Waals surface area (Å²) < 4.78 is 22.1. The van der Waals surface area contributed by atoms with Gasteiger partial charge in [0.05, 0.1) is 11.9 Å². The summed E-state index contributed by atoms with van der Waals surface area (Å²) in [6.45, 7) is 0. The zero-order chi connectivity index (χ0) is 19.0. The molecule has 0 aliphatic rings. The second kappa shape index (κ2) is 9.50. The number of nitrogens with one attached hydrogen (secondary N) is 1. The lowest BCUT2D eigenvalue weighted by Crippen LogP contribution is -2.13. The molecule has 0 aromatic heterocycles. The molecule has 0 radical (unpaired) electrons. The Morgan fingerprint density at radius 2 is 1.73 bits per heavy atom. The highest BCUT2D eigenvalue weighted by Crippen LogP contribution is 2.19. The Kier molecular flexibility index (Phi) is 7.36. The molecule has 0 spiro atoms. The fraction of sp³-hybridized carbons (Fsp3) is 0.350. The van der Waals surface area contributed by atoms with Crippen molar-refractivity contribution in [3.05, 3.63) is 65.7 Å². The first-order valence-corrected chi connectivity index (χ1v) is 10.7. The van der Waals surface area contributed by atoms with Gasteiger partial charge >= 0.3 is 0 Å². The molecule has 0 saturated carbocycles. The molecule has 0 heterocycles. The highest BCUT2D eigenvalue weighted by Gasteiger charge is 2.08. The van der Waals surface area contributed by atoms with E-state index in [0.29, 0.717) is 18.5 Å². The zero-order valence-corrected chi connectivity index (χ0v) is 15.7. The fourth-order valence-corrected chi connectivity index (χ4v) is 3.29. The molecule has 0 aliphatic heterocycles. The van der Waals surface area contributed by atoms with Crippen molar-refractivity contribution in [3.8, 4) is 0 Å². The molecule has 1 amide bonds. The van der Waals surface area contributed by atoms with E-state index < -0.39 is 15.9 Å². The number of carbonyl (C=O) groups excluding carboxylic acids is 1. The van der Waals surface area contributed by atoms with Gasteiger partial charge in [-0.1, -0.05) is 42.5 Å². The van der Waals surface area contributed by atoms with Crippen molar-refractivity contribution < 1.29 is 18.3 Å². The Morgan fingerprint density at radius 1 is 1.08 bits per heavy atom. The van der Waals surface area contributed by atoms with Crippen LogP contribution in [-0.2, 0) is 21.1 Å². The Bertz CT molecular complexity index is 801. The molecule has 2 aromatic carbocycles. The SMILES string of the molecule is CS(=O)(=O)CCCC(=O)Nc1ccc(CCC(O)c2ccccc2)cc1. The highest BCUT2D eigenvalue weighted by atomic mass is 32.2. The van der Waals surface area contributed by atoms with Crippen molar-refractivity contribution in [3.63, 3.8) is 0 Å². The number of aryl methyl sites for hydroxylation is 1. The van der Waals surface area contributed by atoms with Crippen LogP contribution in [0.4, 0.5) is 5.69 Å². The van der Waals surface area contributed by atoms with Crippen LogP contribution in [-0.4, -0.2) is 31.4 Å². The van der Waals surface area contributed by atoms with Crippen molar-refractivity contribution in [1.82, 2.24) is 0 Å². The minimum absolute atomic E-state index is 0.0170. The first kappa shape index (κ1) is 20.1. The summed E-state index contributed by atoms with van der Waals surface area (Å²) in [6.07, 6.45) is 2.53. The van der Waals surface area contributed by atoms with E-state index in [0.717, 1.165) is 17.5 Å². The summed E-state index contributed by atoms with van der Waals surface area (Å²) in [7, 11) is -3.03. The van der Waals surface area contributed by atoms with Crippen LogP contribution in [0.2, 0.25) is 0 Å². The lowest BCUT2D eigenvalue weighted by Gasteiger charge is -2.11. The Labute approximate surface area is 155 Å². The predicted molar refractivity (Wildman–Crippen MR) is 104 cm³/mol. The molecule has 140 valence electrons. The number of benzene rings is 2. The van der Waals surface area contributed by atoms with Crippen molar-refractivity contribution >= 4 is 21.4 Å². The molecule has 6 heteroatoms. The van der Waals surface area contributed by atoms with Gasteiger partial charge in [0, 0.05) is 18.4 Å². The molecule has 0 bridgehead atoms. The first-order valence-electron chi connectivity index (χ1n) is 8.63. The van der Waals surface area contributed by atoms with Crippen LogP contribution in [0, 0.1) is 0 Å². The highest BCUT2D eigenvalue weighted by molar-refractivity contribution is 7.90. The first-order chi connectivity index (χ1) is 12.3. The summed E-state index contributed by atoms with van der Waals surface area (Å²) in [5.41, 5.74) is 2.67. The average Bonchev–Trinajstić information content (AvgIpc) is 2.60.